The molecule has 6 heteroatoms. The van der Waals surface area contributed by atoms with E-state index in [4.69, 9.17) is 4.74 Å². The molecule has 0 aliphatic rings. The second-order valence-corrected chi connectivity index (χ2v) is 7.88. The van der Waals surface area contributed by atoms with Gasteiger partial charge in [0, 0.05) is 39.1 Å². The minimum absolute atomic E-state index is 0.200. The molecule has 0 radical (unpaired) electrons. The van der Waals surface area contributed by atoms with E-state index in [0.29, 0.717) is 13.1 Å². The predicted octanol–water partition coefficient (Wildman–Crippen LogP) is 4.36. The molecule has 0 amide bonds. The maximum absolute atomic E-state index is 10.6. The summed E-state index contributed by atoms with van der Waals surface area (Å²) >= 11 is 3.46. The molecule has 0 saturated carbocycles. The van der Waals surface area contributed by atoms with Gasteiger partial charge in [-0.15, -0.1) is 0 Å². The van der Waals surface area contributed by atoms with E-state index >= 15 is 0 Å². The first-order valence-corrected chi connectivity index (χ1v) is 10.3. The van der Waals surface area contributed by atoms with E-state index in [1.807, 2.05) is 56.6 Å². The summed E-state index contributed by atoms with van der Waals surface area (Å²) in [6.45, 7) is 1.26. The van der Waals surface area contributed by atoms with Gasteiger partial charge >= 0.3 is 0 Å². The van der Waals surface area contributed by atoms with Crippen molar-refractivity contribution in [2.75, 3.05) is 37.0 Å². The minimum atomic E-state index is -0.662. The molecular weight excluding hydrogens is 430 g/mol. The molecule has 5 nitrogen and oxygen atoms in total. The Kier molecular flexibility index (Phi) is 7.49. The van der Waals surface area contributed by atoms with Gasteiger partial charge in [-0.1, -0.05) is 30.3 Å². The molecule has 1 N–H and O–H groups in total. The number of hydrogen-bond donors (Lipinski definition) is 1. The van der Waals surface area contributed by atoms with Crippen molar-refractivity contribution in [3.05, 3.63) is 83.0 Å². The lowest BCUT2D eigenvalue weighted by molar-refractivity contribution is 0.111. The van der Waals surface area contributed by atoms with Crippen molar-refractivity contribution in [3.63, 3.8) is 0 Å². The average molecular weight is 456 g/mol. The van der Waals surface area contributed by atoms with Crippen molar-refractivity contribution in [2.45, 2.75) is 12.6 Å². The second kappa shape index (κ2) is 10.3. The Labute approximate surface area is 180 Å². The molecule has 0 saturated heterocycles. The number of aromatic nitrogens is 1. The molecule has 3 rings (SSSR count). The van der Waals surface area contributed by atoms with Gasteiger partial charge in [-0.25, -0.2) is 4.98 Å². The Morgan fingerprint density at radius 2 is 1.72 bits per heavy atom. The Hall–Kier alpha value is -2.57. The van der Waals surface area contributed by atoms with Crippen LogP contribution < -0.4 is 14.5 Å². The van der Waals surface area contributed by atoms with Crippen LogP contribution in [0.1, 0.15) is 5.56 Å². The summed E-state index contributed by atoms with van der Waals surface area (Å²) in [5.74, 6) is 1.54. The fourth-order valence-corrected chi connectivity index (χ4v) is 3.35. The van der Waals surface area contributed by atoms with Crippen LogP contribution in [0.2, 0.25) is 0 Å². The maximum Gasteiger partial charge on any atom is 0.133 e. The highest BCUT2D eigenvalue weighted by atomic mass is 79.9. The number of benzene rings is 2. The molecule has 0 fully saturated rings. The largest absolute Gasteiger partial charge is 0.490 e. The van der Waals surface area contributed by atoms with Gasteiger partial charge in [-0.05, 0) is 57.9 Å². The van der Waals surface area contributed by atoms with E-state index in [1.54, 1.807) is 6.20 Å². The molecular formula is C23H26BrN3O2. The number of para-hydroxylation sites is 1. The topological polar surface area (TPSA) is 48.8 Å². The number of rotatable bonds is 9. The minimum Gasteiger partial charge on any atom is -0.490 e. The number of nitrogens with zero attached hydrogens (tertiary/aromatic N) is 3. The third-order valence-electron chi connectivity index (χ3n) is 4.50. The normalized spacial score (nSPS) is 11.7. The van der Waals surface area contributed by atoms with Gasteiger partial charge in [0.2, 0.25) is 0 Å². The van der Waals surface area contributed by atoms with E-state index in [9.17, 15) is 5.11 Å². The summed E-state index contributed by atoms with van der Waals surface area (Å²) in [6, 6.07) is 21.8. The zero-order valence-corrected chi connectivity index (χ0v) is 18.3. The summed E-state index contributed by atoms with van der Waals surface area (Å²) in [5, 5.41) is 10.6. The summed E-state index contributed by atoms with van der Waals surface area (Å²) in [7, 11) is 4.05. The van der Waals surface area contributed by atoms with Crippen LogP contribution in [0.15, 0.2) is 77.4 Å². The van der Waals surface area contributed by atoms with Gasteiger partial charge in [0.1, 0.15) is 24.3 Å². The van der Waals surface area contributed by atoms with E-state index in [1.165, 1.54) is 0 Å². The molecule has 0 aliphatic heterocycles. The van der Waals surface area contributed by atoms with Crippen LogP contribution in [-0.2, 0) is 6.54 Å². The molecule has 29 heavy (non-hydrogen) atoms. The van der Waals surface area contributed by atoms with Gasteiger partial charge in [-0.3, -0.25) is 0 Å². The van der Waals surface area contributed by atoms with Crippen LogP contribution in [0.3, 0.4) is 0 Å². The van der Waals surface area contributed by atoms with Gasteiger partial charge in [0.05, 0.1) is 4.47 Å². The Morgan fingerprint density at radius 3 is 2.38 bits per heavy atom. The van der Waals surface area contributed by atoms with Crippen molar-refractivity contribution >= 4 is 27.4 Å². The number of aliphatic hydroxyl groups is 1. The Bertz CT molecular complexity index is 888. The van der Waals surface area contributed by atoms with Crippen molar-refractivity contribution in [2.24, 2.45) is 0 Å². The van der Waals surface area contributed by atoms with Crippen molar-refractivity contribution in [1.82, 2.24) is 4.98 Å². The fourth-order valence-electron chi connectivity index (χ4n) is 2.95. The zero-order valence-electron chi connectivity index (χ0n) is 16.7. The highest BCUT2D eigenvalue weighted by Crippen LogP contribution is 2.24. The van der Waals surface area contributed by atoms with Crippen molar-refractivity contribution < 1.29 is 9.84 Å². The molecule has 1 aromatic heterocycles. The molecule has 1 unspecified atom stereocenters. The van der Waals surface area contributed by atoms with Gasteiger partial charge < -0.3 is 19.6 Å². The first kappa shape index (κ1) is 21.1. The lowest BCUT2D eigenvalue weighted by atomic mass is 10.1. The standard InChI is InChI=1S/C23H26BrN3O2/c1-26(2)19-12-10-18(11-13-19)15-27(23-9-5-6-14-25-23)16-20(28)17-29-22-8-4-3-7-21(22)24/h3-14,20,28H,15-17H2,1-2H3. The van der Waals surface area contributed by atoms with E-state index < -0.39 is 6.10 Å². The first-order chi connectivity index (χ1) is 14.0. The van der Waals surface area contributed by atoms with Crippen LogP contribution in [0.25, 0.3) is 0 Å². The first-order valence-electron chi connectivity index (χ1n) is 9.50. The van der Waals surface area contributed by atoms with Crippen LogP contribution in [0.4, 0.5) is 11.5 Å². The Morgan fingerprint density at radius 1 is 1.00 bits per heavy atom. The highest BCUT2D eigenvalue weighted by molar-refractivity contribution is 9.10. The number of halogens is 1. The smallest absolute Gasteiger partial charge is 0.133 e. The number of ether oxygens (including phenoxy) is 1. The number of aliphatic hydroxyl groups excluding tert-OH is 1. The summed E-state index contributed by atoms with van der Waals surface area (Å²) in [5.41, 5.74) is 2.31. The SMILES string of the molecule is CN(C)c1ccc(CN(CC(O)COc2ccccc2Br)c2ccccn2)cc1. The van der Waals surface area contributed by atoms with Crippen molar-refractivity contribution in [3.8, 4) is 5.75 Å². The van der Waals surface area contributed by atoms with E-state index in [0.717, 1.165) is 27.3 Å². The van der Waals surface area contributed by atoms with Gasteiger partial charge in [0.15, 0.2) is 0 Å². The fraction of sp³-hybridized carbons (Fsp3) is 0.261. The van der Waals surface area contributed by atoms with Crippen LogP contribution in [0, 0.1) is 0 Å². The van der Waals surface area contributed by atoms with Gasteiger partial charge in [-0.2, -0.15) is 0 Å². The molecule has 152 valence electrons. The number of anilines is 2. The molecule has 0 spiro atoms. The van der Waals surface area contributed by atoms with Crippen LogP contribution in [0.5, 0.6) is 5.75 Å². The molecule has 2 aromatic carbocycles. The average Bonchev–Trinajstić information content (AvgIpc) is 2.74. The Balaban J connectivity index is 1.68. The monoisotopic (exact) mass is 455 g/mol. The summed E-state index contributed by atoms with van der Waals surface area (Å²) < 4.78 is 6.65. The molecule has 0 aliphatic carbocycles. The van der Waals surface area contributed by atoms with Crippen LogP contribution >= 0.6 is 15.9 Å². The predicted molar refractivity (Wildman–Crippen MR) is 122 cm³/mol. The van der Waals surface area contributed by atoms with E-state index in [2.05, 4.69) is 55.0 Å². The molecule has 1 heterocycles. The number of hydrogen-bond acceptors (Lipinski definition) is 5. The molecule has 0 bridgehead atoms. The lowest BCUT2D eigenvalue weighted by Gasteiger charge is -2.27. The third kappa shape index (κ3) is 6.21. The summed E-state index contributed by atoms with van der Waals surface area (Å²) in [4.78, 5) is 8.61. The third-order valence-corrected chi connectivity index (χ3v) is 5.15. The van der Waals surface area contributed by atoms with Crippen molar-refractivity contribution in [1.29, 1.82) is 0 Å². The quantitative estimate of drug-likeness (QED) is 0.519. The number of pyridine rings is 1. The van der Waals surface area contributed by atoms with E-state index in [-0.39, 0.29) is 6.61 Å². The lowest BCUT2D eigenvalue weighted by Crippen LogP contribution is -2.35. The molecule has 1 atom stereocenters. The molecule has 3 aromatic rings. The second-order valence-electron chi connectivity index (χ2n) is 7.02. The summed E-state index contributed by atoms with van der Waals surface area (Å²) in [6.07, 6.45) is 1.10. The van der Waals surface area contributed by atoms with Crippen LogP contribution in [-0.4, -0.2) is 43.4 Å². The highest BCUT2D eigenvalue weighted by Gasteiger charge is 2.15. The zero-order chi connectivity index (χ0) is 20.6. The van der Waals surface area contributed by atoms with Gasteiger partial charge in [0.25, 0.3) is 0 Å². The maximum atomic E-state index is 10.6.